The Balaban J connectivity index is 1.61. The van der Waals surface area contributed by atoms with E-state index < -0.39 is 10.0 Å². The maximum absolute atomic E-state index is 12.6. The Kier molecular flexibility index (Phi) is 6.91. The third-order valence-corrected chi connectivity index (χ3v) is 6.70. The summed E-state index contributed by atoms with van der Waals surface area (Å²) in [5, 5.41) is 3.47. The molecule has 3 rings (SSSR count). The van der Waals surface area contributed by atoms with Gasteiger partial charge in [-0.05, 0) is 38.0 Å². The van der Waals surface area contributed by atoms with Crippen LogP contribution >= 0.6 is 11.3 Å². The Bertz CT molecular complexity index is 1110. The average molecular weight is 446 g/mol. The highest BCUT2D eigenvalue weighted by molar-refractivity contribution is 7.88. The van der Waals surface area contributed by atoms with E-state index in [1.54, 1.807) is 51.4 Å². The molecule has 1 amide bonds. The van der Waals surface area contributed by atoms with Crippen molar-refractivity contribution in [3.63, 3.8) is 0 Å². The number of nitrogens with zero attached hydrogens (tertiary/aromatic N) is 3. The molecule has 2 N–H and O–H groups in total. The third-order valence-electron chi connectivity index (χ3n) is 4.01. The Morgan fingerprint density at radius 3 is 2.37 bits per heavy atom. The number of benzene rings is 1. The highest BCUT2D eigenvalue weighted by Gasteiger charge is 2.17. The van der Waals surface area contributed by atoms with E-state index in [9.17, 15) is 13.2 Å². The number of thiazole rings is 1. The van der Waals surface area contributed by atoms with E-state index >= 15 is 0 Å². The van der Waals surface area contributed by atoms with Gasteiger partial charge in [-0.25, -0.2) is 28.1 Å². The first-order chi connectivity index (χ1) is 14.2. The van der Waals surface area contributed by atoms with Crippen LogP contribution in [0.4, 0.5) is 0 Å². The molecule has 0 aliphatic rings. The van der Waals surface area contributed by atoms with Gasteiger partial charge in [-0.2, -0.15) is 0 Å². The monoisotopic (exact) mass is 445 g/mol. The summed E-state index contributed by atoms with van der Waals surface area (Å²) in [6.45, 7) is 5.66. The zero-order chi connectivity index (χ0) is 21.7. The van der Waals surface area contributed by atoms with Crippen LogP contribution in [0, 0.1) is 6.92 Å². The lowest BCUT2D eigenvalue weighted by Crippen LogP contribution is -2.31. The highest BCUT2D eigenvalue weighted by atomic mass is 32.2. The van der Waals surface area contributed by atoms with Gasteiger partial charge in [0.2, 0.25) is 10.0 Å². The molecule has 0 spiro atoms. The van der Waals surface area contributed by atoms with Crippen LogP contribution in [0.5, 0.6) is 0 Å². The standard InChI is InChI=1S/C20H23N5O3S2/c1-13(2)25-30(27,28)12-16-7-5-15(6-8-16)11-23-19(26)17-14(3)24-20(29-17)18-21-9-4-10-22-18/h4-10,13,25H,11-12H2,1-3H3,(H,23,26). The number of hydrogen-bond acceptors (Lipinski definition) is 7. The van der Waals surface area contributed by atoms with Crippen LogP contribution in [0.15, 0.2) is 42.7 Å². The van der Waals surface area contributed by atoms with E-state index in [1.807, 2.05) is 12.1 Å². The van der Waals surface area contributed by atoms with Crippen molar-refractivity contribution in [2.75, 3.05) is 0 Å². The Morgan fingerprint density at radius 2 is 1.73 bits per heavy atom. The molecule has 2 heterocycles. The summed E-state index contributed by atoms with van der Waals surface area (Å²) in [5.74, 6) is 0.185. The second-order valence-electron chi connectivity index (χ2n) is 7.04. The van der Waals surface area contributed by atoms with Crippen molar-refractivity contribution in [3.8, 4) is 10.8 Å². The van der Waals surface area contributed by atoms with Gasteiger partial charge in [-0.1, -0.05) is 24.3 Å². The maximum Gasteiger partial charge on any atom is 0.263 e. The summed E-state index contributed by atoms with van der Waals surface area (Å²) in [7, 11) is -3.37. The van der Waals surface area contributed by atoms with E-state index in [1.165, 1.54) is 11.3 Å². The molecule has 158 valence electrons. The Hall–Kier alpha value is -2.69. The Labute approximate surface area is 179 Å². The number of rotatable bonds is 8. The summed E-state index contributed by atoms with van der Waals surface area (Å²) in [4.78, 5) is 25.8. The van der Waals surface area contributed by atoms with Gasteiger partial charge in [0, 0.05) is 25.0 Å². The third kappa shape index (κ3) is 5.91. The molecular formula is C20H23N5O3S2. The predicted molar refractivity (Wildman–Crippen MR) is 116 cm³/mol. The summed E-state index contributed by atoms with van der Waals surface area (Å²) >= 11 is 1.25. The molecular weight excluding hydrogens is 422 g/mol. The lowest BCUT2D eigenvalue weighted by Gasteiger charge is -2.10. The summed E-state index contributed by atoms with van der Waals surface area (Å²) < 4.78 is 26.6. The number of amides is 1. The van der Waals surface area contributed by atoms with E-state index in [4.69, 9.17) is 0 Å². The lowest BCUT2D eigenvalue weighted by atomic mass is 10.1. The largest absolute Gasteiger partial charge is 0.347 e. The second-order valence-corrected chi connectivity index (χ2v) is 9.79. The van der Waals surface area contributed by atoms with Gasteiger partial charge >= 0.3 is 0 Å². The van der Waals surface area contributed by atoms with E-state index in [0.717, 1.165) is 5.56 Å². The van der Waals surface area contributed by atoms with Crippen LogP contribution in [-0.2, 0) is 22.3 Å². The molecule has 0 aliphatic carbocycles. The minimum atomic E-state index is -3.37. The quantitative estimate of drug-likeness (QED) is 0.551. The van der Waals surface area contributed by atoms with Crippen molar-refractivity contribution in [3.05, 3.63) is 64.4 Å². The van der Waals surface area contributed by atoms with Gasteiger partial charge in [0.1, 0.15) is 4.88 Å². The minimum Gasteiger partial charge on any atom is -0.347 e. The number of carbonyl (C=O) groups is 1. The molecule has 0 saturated carbocycles. The topological polar surface area (TPSA) is 114 Å². The molecule has 0 atom stereocenters. The second kappa shape index (κ2) is 9.41. The van der Waals surface area contributed by atoms with Gasteiger partial charge in [0.05, 0.1) is 11.4 Å². The van der Waals surface area contributed by atoms with E-state index in [2.05, 4.69) is 25.0 Å². The fourth-order valence-electron chi connectivity index (χ4n) is 2.75. The molecule has 0 fully saturated rings. The van der Waals surface area contributed by atoms with Gasteiger partial charge < -0.3 is 5.32 Å². The van der Waals surface area contributed by atoms with Gasteiger partial charge in [0.15, 0.2) is 10.8 Å². The maximum atomic E-state index is 12.6. The highest BCUT2D eigenvalue weighted by Crippen LogP contribution is 2.25. The van der Waals surface area contributed by atoms with Gasteiger partial charge in [0.25, 0.3) is 5.91 Å². The van der Waals surface area contributed by atoms with Crippen molar-refractivity contribution in [1.29, 1.82) is 0 Å². The van der Waals surface area contributed by atoms with E-state index in [-0.39, 0.29) is 17.7 Å². The van der Waals surface area contributed by atoms with Crippen molar-refractivity contribution < 1.29 is 13.2 Å². The van der Waals surface area contributed by atoms with Crippen LogP contribution in [-0.4, -0.2) is 35.3 Å². The van der Waals surface area contributed by atoms with Crippen LogP contribution in [0.3, 0.4) is 0 Å². The van der Waals surface area contributed by atoms with Crippen LogP contribution in [0.1, 0.15) is 40.3 Å². The summed E-state index contributed by atoms with van der Waals surface area (Å²) in [6, 6.07) is 8.70. The molecule has 1 aromatic carbocycles. The first kappa shape index (κ1) is 22.0. The van der Waals surface area contributed by atoms with Crippen molar-refractivity contribution in [2.24, 2.45) is 0 Å². The van der Waals surface area contributed by atoms with Crippen molar-refractivity contribution in [1.82, 2.24) is 25.0 Å². The smallest absolute Gasteiger partial charge is 0.263 e. The number of nitrogens with one attached hydrogen (secondary N) is 2. The summed E-state index contributed by atoms with van der Waals surface area (Å²) in [5.41, 5.74) is 2.18. The first-order valence-electron chi connectivity index (χ1n) is 9.34. The van der Waals surface area contributed by atoms with Crippen LogP contribution in [0.2, 0.25) is 0 Å². The normalized spacial score (nSPS) is 11.6. The Morgan fingerprint density at radius 1 is 1.10 bits per heavy atom. The number of sulfonamides is 1. The molecule has 0 bridgehead atoms. The molecule has 0 radical (unpaired) electrons. The predicted octanol–water partition coefficient (Wildman–Crippen LogP) is 2.67. The van der Waals surface area contributed by atoms with Crippen molar-refractivity contribution in [2.45, 2.75) is 39.1 Å². The number of aryl methyl sites for hydroxylation is 1. The molecule has 30 heavy (non-hydrogen) atoms. The zero-order valence-corrected chi connectivity index (χ0v) is 18.5. The van der Waals surface area contributed by atoms with Crippen LogP contribution < -0.4 is 10.0 Å². The van der Waals surface area contributed by atoms with Crippen molar-refractivity contribution >= 4 is 27.3 Å². The molecule has 2 aromatic heterocycles. The van der Waals surface area contributed by atoms with Crippen LogP contribution in [0.25, 0.3) is 10.8 Å². The lowest BCUT2D eigenvalue weighted by molar-refractivity contribution is 0.0954. The van der Waals surface area contributed by atoms with Gasteiger partial charge in [-0.3, -0.25) is 4.79 Å². The zero-order valence-electron chi connectivity index (χ0n) is 16.9. The SMILES string of the molecule is Cc1nc(-c2ncccn2)sc1C(=O)NCc1ccc(CS(=O)(=O)NC(C)C)cc1. The number of carbonyl (C=O) groups excluding carboxylic acids is 1. The molecule has 0 aliphatic heterocycles. The minimum absolute atomic E-state index is 0.0811. The van der Waals surface area contributed by atoms with E-state index in [0.29, 0.717) is 33.5 Å². The number of aromatic nitrogens is 3. The first-order valence-corrected chi connectivity index (χ1v) is 11.8. The summed E-state index contributed by atoms with van der Waals surface area (Å²) in [6.07, 6.45) is 3.26. The molecule has 0 saturated heterocycles. The molecule has 3 aromatic rings. The molecule has 8 nitrogen and oxygen atoms in total. The number of hydrogen-bond donors (Lipinski definition) is 2. The fraction of sp³-hybridized carbons (Fsp3) is 0.300. The fourth-order valence-corrected chi connectivity index (χ4v) is 5.11. The molecule has 10 heteroatoms. The molecule has 0 unspecified atom stereocenters. The van der Waals surface area contributed by atoms with Gasteiger partial charge in [-0.15, -0.1) is 11.3 Å². The average Bonchev–Trinajstić information content (AvgIpc) is 3.08.